The van der Waals surface area contributed by atoms with E-state index in [0.717, 1.165) is 21.2 Å². The molecule has 1 heterocycles. The van der Waals surface area contributed by atoms with Crippen molar-refractivity contribution < 1.29 is 23.4 Å². The lowest BCUT2D eigenvalue weighted by molar-refractivity contribution is -0.386. The molecule has 0 atom stereocenters. The molecule has 1 N–H and O–H groups in total. The van der Waals surface area contributed by atoms with Crippen LogP contribution in [0.1, 0.15) is 23.4 Å². The van der Waals surface area contributed by atoms with Crippen LogP contribution in [0, 0.1) is 34.1 Å². The van der Waals surface area contributed by atoms with Crippen LogP contribution in [0.4, 0.5) is 25.8 Å². The SMILES string of the molecule is Cc1ccc(Sc2cc(NC(=O)Cn3nc(C(F)F)c([N+](=O)[O-])c3C)cc([N+](=O)[O-])c2)cc1. The number of halogens is 2. The second-order valence-corrected chi connectivity index (χ2v) is 8.12. The number of anilines is 1. The molecule has 172 valence electrons. The molecule has 0 aliphatic heterocycles. The Bertz CT molecular complexity index is 1230. The summed E-state index contributed by atoms with van der Waals surface area (Å²) in [6.45, 7) is 2.53. The van der Waals surface area contributed by atoms with Gasteiger partial charge in [-0.2, -0.15) is 5.10 Å². The van der Waals surface area contributed by atoms with E-state index < -0.39 is 40.1 Å². The summed E-state index contributed by atoms with van der Waals surface area (Å²) >= 11 is 1.26. The van der Waals surface area contributed by atoms with E-state index >= 15 is 0 Å². The number of nitrogens with one attached hydrogen (secondary N) is 1. The van der Waals surface area contributed by atoms with Gasteiger partial charge in [0.25, 0.3) is 12.1 Å². The lowest BCUT2D eigenvalue weighted by Crippen LogP contribution is -2.20. The number of carbonyl (C=O) groups is 1. The molecule has 0 unspecified atom stereocenters. The van der Waals surface area contributed by atoms with Crippen molar-refractivity contribution in [2.45, 2.75) is 36.6 Å². The number of hydrogen-bond acceptors (Lipinski definition) is 7. The molecule has 3 aromatic rings. The lowest BCUT2D eigenvalue weighted by atomic mass is 10.2. The molecule has 0 saturated carbocycles. The molecule has 0 spiro atoms. The largest absolute Gasteiger partial charge is 0.324 e. The second-order valence-electron chi connectivity index (χ2n) is 6.97. The normalized spacial score (nSPS) is 10.9. The molecule has 0 aliphatic carbocycles. The first-order valence-corrected chi connectivity index (χ1v) is 10.2. The van der Waals surface area contributed by atoms with E-state index in [-0.39, 0.29) is 17.1 Å². The Hall–Kier alpha value is -3.87. The van der Waals surface area contributed by atoms with E-state index in [4.69, 9.17) is 0 Å². The summed E-state index contributed by atoms with van der Waals surface area (Å²) in [5.74, 6) is -0.747. The van der Waals surface area contributed by atoms with Crippen molar-refractivity contribution >= 4 is 34.7 Å². The molecular weight excluding hydrogens is 460 g/mol. The summed E-state index contributed by atoms with van der Waals surface area (Å²) in [6, 6.07) is 11.5. The van der Waals surface area contributed by atoms with Crippen molar-refractivity contribution in [1.29, 1.82) is 0 Å². The Morgan fingerprint density at radius 1 is 1.09 bits per heavy atom. The van der Waals surface area contributed by atoms with Gasteiger partial charge in [0.15, 0.2) is 0 Å². The number of aryl methyl sites for hydroxylation is 1. The minimum absolute atomic E-state index is 0.109. The molecule has 13 heteroatoms. The Morgan fingerprint density at radius 3 is 2.30 bits per heavy atom. The van der Waals surface area contributed by atoms with Gasteiger partial charge in [-0.3, -0.25) is 29.7 Å². The van der Waals surface area contributed by atoms with Crippen molar-refractivity contribution in [3.05, 3.63) is 79.6 Å². The average Bonchev–Trinajstić information content (AvgIpc) is 3.06. The third-order valence-electron chi connectivity index (χ3n) is 4.53. The number of hydrogen-bond donors (Lipinski definition) is 1. The number of amides is 1. The van der Waals surface area contributed by atoms with Crippen LogP contribution >= 0.6 is 11.8 Å². The van der Waals surface area contributed by atoms with Gasteiger partial charge in [0.2, 0.25) is 11.6 Å². The first-order valence-electron chi connectivity index (χ1n) is 9.39. The van der Waals surface area contributed by atoms with E-state index in [1.807, 2.05) is 31.2 Å². The highest BCUT2D eigenvalue weighted by Gasteiger charge is 2.31. The number of nitrogens with zero attached hydrogens (tertiary/aromatic N) is 4. The van der Waals surface area contributed by atoms with Gasteiger partial charge >= 0.3 is 5.69 Å². The van der Waals surface area contributed by atoms with Crippen LogP contribution in [-0.4, -0.2) is 25.5 Å². The number of carbonyl (C=O) groups excluding carboxylic acids is 1. The van der Waals surface area contributed by atoms with Crippen LogP contribution in [-0.2, 0) is 11.3 Å². The van der Waals surface area contributed by atoms with Crippen LogP contribution in [0.5, 0.6) is 0 Å². The number of aromatic nitrogens is 2. The van der Waals surface area contributed by atoms with Crippen molar-refractivity contribution in [3.8, 4) is 0 Å². The molecule has 1 aromatic heterocycles. The molecule has 3 rings (SSSR count). The predicted octanol–water partition coefficient (Wildman–Crippen LogP) is 5.04. The third kappa shape index (κ3) is 5.68. The summed E-state index contributed by atoms with van der Waals surface area (Å²) in [6.07, 6.45) is -3.19. The number of rotatable bonds is 8. The molecular formula is C20H17F2N5O5S. The van der Waals surface area contributed by atoms with Gasteiger partial charge in [0.05, 0.1) is 9.85 Å². The summed E-state index contributed by atoms with van der Waals surface area (Å²) in [4.78, 5) is 34.6. The second kappa shape index (κ2) is 9.73. The maximum atomic E-state index is 13.1. The Kier molecular flexibility index (Phi) is 7.01. The quantitative estimate of drug-likeness (QED) is 0.355. The summed E-state index contributed by atoms with van der Waals surface area (Å²) in [7, 11) is 0. The standard InChI is InChI=1S/C20H17F2N5O5S/c1-11-3-5-15(6-4-11)33-16-8-13(7-14(9-16)26(29)30)23-17(28)10-25-12(2)19(27(31)32)18(24-25)20(21)22/h3-9,20H,10H2,1-2H3,(H,23,28). The third-order valence-corrected chi connectivity index (χ3v) is 5.51. The van der Waals surface area contributed by atoms with Gasteiger partial charge in [0, 0.05) is 27.6 Å². The van der Waals surface area contributed by atoms with Crippen LogP contribution in [0.15, 0.2) is 52.3 Å². The maximum Gasteiger partial charge on any atom is 0.319 e. The number of nitro groups is 2. The molecule has 0 saturated heterocycles. The van der Waals surface area contributed by atoms with Crippen molar-refractivity contribution in [1.82, 2.24) is 9.78 Å². The summed E-state index contributed by atoms with van der Waals surface area (Å²) < 4.78 is 27.0. The van der Waals surface area contributed by atoms with Crippen molar-refractivity contribution in [3.63, 3.8) is 0 Å². The minimum atomic E-state index is -3.19. The molecule has 0 fully saturated rings. The number of alkyl halides is 2. The Labute approximate surface area is 189 Å². The van der Waals surface area contributed by atoms with Crippen molar-refractivity contribution in [2.75, 3.05) is 5.32 Å². The molecule has 33 heavy (non-hydrogen) atoms. The first-order chi connectivity index (χ1) is 15.5. The fourth-order valence-electron chi connectivity index (χ4n) is 2.99. The number of non-ortho nitro benzene ring substituents is 1. The highest BCUT2D eigenvalue weighted by molar-refractivity contribution is 7.99. The average molecular weight is 477 g/mol. The van der Waals surface area contributed by atoms with Gasteiger partial charge in [-0.1, -0.05) is 29.5 Å². The molecule has 1 amide bonds. The topological polar surface area (TPSA) is 133 Å². The predicted molar refractivity (Wildman–Crippen MR) is 116 cm³/mol. The van der Waals surface area contributed by atoms with Gasteiger partial charge < -0.3 is 5.32 Å². The Balaban J connectivity index is 1.84. The van der Waals surface area contributed by atoms with E-state index in [1.165, 1.54) is 30.8 Å². The fraction of sp³-hybridized carbons (Fsp3) is 0.200. The van der Waals surface area contributed by atoms with E-state index in [1.54, 1.807) is 0 Å². The fourth-order valence-corrected chi connectivity index (χ4v) is 3.90. The molecule has 0 radical (unpaired) electrons. The highest BCUT2D eigenvalue weighted by Crippen LogP contribution is 2.34. The van der Waals surface area contributed by atoms with E-state index in [2.05, 4.69) is 10.4 Å². The zero-order chi connectivity index (χ0) is 24.3. The van der Waals surface area contributed by atoms with E-state index in [9.17, 15) is 33.8 Å². The number of nitro benzene ring substituents is 1. The molecule has 0 aliphatic rings. The van der Waals surface area contributed by atoms with Crippen LogP contribution in [0.2, 0.25) is 0 Å². The van der Waals surface area contributed by atoms with Crippen LogP contribution < -0.4 is 5.32 Å². The Morgan fingerprint density at radius 2 is 1.76 bits per heavy atom. The molecule has 10 nitrogen and oxygen atoms in total. The van der Waals surface area contributed by atoms with Gasteiger partial charge in [0.1, 0.15) is 12.2 Å². The summed E-state index contributed by atoms with van der Waals surface area (Å²) in [5.41, 5.74) is -1.19. The zero-order valence-electron chi connectivity index (χ0n) is 17.3. The summed E-state index contributed by atoms with van der Waals surface area (Å²) in [5, 5.41) is 28.4. The first kappa shape index (κ1) is 23.8. The minimum Gasteiger partial charge on any atom is -0.324 e. The van der Waals surface area contributed by atoms with Gasteiger partial charge in [-0.25, -0.2) is 8.78 Å². The van der Waals surface area contributed by atoms with Crippen molar-refractivity contribution in [2.24, 2.45) is 0 Å². The molecule has 0 bridgehead atoms. The van der Waals surface area contributed by atoms with Gasteiger partial charge in [-0.15, -0.1) is 0 Å². The number of benzene rings is 2. The van der Waals surface area contributed by atoms with Crippen LogP contribution in [0.3, 0.4) is 0 Å². The smallest absolute Gasteiger partial charge is 0.319 e. The highest BCUT2D eigenvalue weighted by atomic mass is 32.2. The van der Waals surface area contributed by atoms with E-state index in [0.29, 0.717) is 4.90 Å². The lowest BCUT2D eigenvalue weighted by Gasteiger charge is -2.09. The molecule has 2 aromatic carbocycles. The van der Waals surface area contributed by atoms with Gasteiger partial charge in [-0.05, 0) is 32.0 Å². The monoisotopic (exact) mass is 477 g/mol. The van der Waals surface area contributed by atoms with Crippen LogP contribution in [0.25, 0.3) is 0 Å². The zero-order valence-corrected chi connectivity index (χ0v) is 18.1. The maximum absolute atomic E-state index is 13.1.